The second kappa shape index (κ2) is 10.3. The number of carbonyl (C=O) groups is 1. The number of amides is 2. The van der Waals surface area contributed by atoms with Crippen LogP contribution in [0.25, 0.3) is 33.3 Å². The van der Waals surface area contributed by atoms with Gasteiger partial charge in [0.1, 0.15) is 16.5 Å². The minimum absolute atomic E-state index is 0.0867. The number of rotatable bonds is 7. The van der Waals surface area contributed by atoms with Crippen LogP contribution >= 0.6 is 11.3 Å². The molecule has 4 heterocycles. The lowest BCUT2D eigenvalue weighted by atomic mass is 10.0. The van der Waals surface area contributed by atoms with Crippen LogP contribution in [0.2, 0.25) is 0 Å². The lowest BCUT2D eigenvalue weighted by Crippen LogP contribution is -2.28. The zero-order valence-electron chi connectivity index (χ0n) is 19.3. The van der Waals surface area contributed by atoms with Crippen molar-refractivity contribution in [3.8, 4) is 39.2 Å². The van der Waals surface area contributed by atoms with E-state index in [9.17, 15) is 18.0 Å². The largest absolute Gasteiger partial charge is 0.478 e. The van der Waals surface area contributed by atoms with Crippen molar-refractivity contribution in [1.29, 1.82) is 0 Å². The second-order valence-corrected chi connectivity index (χ2v) is 8.13. The van der Waals surface area contributed by atoms with E-state index in [0.717, 1.165) is 16.7 Å². The van der Waals surface area contributed by atoms with Gasteiger partial charge in [-0.25, -0.2) is 19.7 Å². The Morgan fingerprint density at radius 2 is 1.94 bits per heavy atom. The lowest BCUT2D eigenvalue weighted by Gasteiger charge is -2.13. The number of urea groups is 1. The summed E-state index contributed by atoms with van der Waals surface area (Å²) in [6, 6.07) is 4.20. The van der Waals surface area contributed by atoms with E-state index in [1.165, 1.54) is 12.3 Å². The maximum absolute atomic E-state index is 13.3. The van der Waals surface area contributed by atoms with Gasteiger partial charge >= 0.3 is 12.2 Å². The van der Waals surface area contributed by atoms with Crippen molar-refractivity contribution in [2.75, 3.05) is 18.5 Å². The molecule has 0 spiro atoms. The van der Waals surface area contributed by atoms with E-state index in [1.54, 1.807) is 32.9 Å². The molecule has 2 N–H and O–H groups in total. The fourth-order valence-electron chi connectivity index (χ4n) is 3.17. The highest BCUT2D eigenvalue weighted by Gasteiger charge is 2.34. The molecule has 4 rings (SSSR count). The Hall–Kier alpha value is -4.07. The maximum atomic E-state index is 13.3. The Bertz CT molecular complexity index is 1390. The molecule has 0 aromatic carbocycles. The van der Waals surface area contributed by atoms with Crippen LogP contribution in [0.5, 0.6) is 5.88 Å². The van der Waals surface area contributed by atoms with Crippen LogP contribution < -0.4 is 15.4 Å². The minimum atomic E-state index is -4.61. The number of anilines is 1. The second-order valence-electron chi connectivity index (χ2n) is 7.27. The number of ether oxygens (including phenoxy) is 1. The highest BCUT2D eigenvalue weighted by atomic mass is 32.1. The predicted octanol–water partition coefficient (Wildman–Crippen LogP) is 5.18. The molecule has 2 amide bonds. The van der Waals surface area contributed by atoms with Crippen molar-refractivity contribution in [2.24, 2.45) is 0 Å². The summed E-state index contributed by atoms with van der Waals surface area (Å²) in [7, 11) is 0. The van der Waals surface area contributed by atoms with Gasteiger partial charge in [-0.2, -0.15) is 13.2 Å². The van der Waals surface area contributed by atoms with Crippen molar-refractivity contribution >= 4 is 23.2 Å². The molecule has 188 valence electrons. The van der Waals surface area contributed by atoms with Crippen LogP contribution in [0.4, 0.5) is 23.8 Å². The van der Waals surface area contributed by atoms with Crippen molar-refractivity contribution in [2.45, 2.75) is 26.9 Å². The summed E-state index contributed by atoms with van der Waals surface area (Å²) in [5, 5.41) is 14.0. The van der Waals surface area contributed by atoms with E-state index < -0.39 is 17.9 Å². The van der Waals surface area contributed by atoms with Gasteiger partial charge in [-0.3, -0.25) is 5.32 Å². The van der Waals surface area contributed by atoms with Gasteiger partial charge in [0.25, 0.3) is 5.89 Å². The lowest BCUT2D eigenvalue weighted by molar-refractivity contribution is -0.140. The Labute approximate surface area is 207 Å². The molecule has 0 atom stereocenters. The van der Waals surface area contributed by atoms with Crippen LogP contribution in [0, 0.1) is 6.92 Å². The Morgan fingerprint density at radius 1 is 1.14 bits per heavy atom. The van der Waals surface area contributed by atoms with Crippen molar-refractivity contribution in [1.82, 2.24) is 30.5 Å². The van der Waals surface area contributed by atoms with Gasteiger partial charge in [-0.05, 0) is 31.5 Å². The molecule has 4 aromatic rings. The minimum Gasteiger partial charge on any atom is -0.478 e. The molecule has 0 aliphatic rings. The number of halogens is 3. The normalized spacial score (nSPS) is 11.4. The number of aryl methyl sites for hydroxylation is 1. The zero-order chi connectivity index (χ0) is 25.9. The van der Waals surface area contributed by atoms with Crippen LogP contribution in [0.1, 0.15) is 25.4 Å². The number of pyridine rings is 2. The Balaban J connectivity index is 1.87. The van der Waals surface area contributed by atoms with E-state index in [0.29, 0.717) is 41.4 Å². The average Bonchev–Trinajstić information content (AvgIpc) is 3.49. The summed E-state index contributed by atoms with van der Waals surface area (Å²) in [5.74, 6) is 0.857. The quantitative estimate of drug-likeness (QED) is 0.342. The first-order chi connectivity index (χ1) is 17.2. The molecular weight excluding hydrogens is 499 g/mol. The summed E-state index contributed by atoms with van der Waals surface area (Å²) in [6.45, 7) is 5.87. The van der Waals surface area contributed by atoms with Crippen LogP contribution in [-0.2, 0) is 6.18 Å². The first-order valence-corrected chi connectivity index (χ1v) is 11.6. The number of aromatic nitrogens is 5. The van der Waals surface area contributed by atoms with Gasteiger partial charge < -0.3 is 14.5 Å². The number of thiazole rings is 1. The molecule has 0 fully saturated rings. The van der Waals surface area contributed by atoms with E-state index in [4.69, 9.17) is 9.15 Å². The van der Waals surface area contributed by atoms with Crippen molar-refractivity contribution < 1.29 is 27.1 Å². The van der Waals surface area contributed by atoms with E-state index in [2.05, 4.69) is 35.8 Å². The van der Waals surface area contributed by atoms with E-state index >= 15 is 0 Å². The number of alkyl halides is 3. The molecule has 0 bridgehead atoms. The Morgan fingerprint density at radius 3 is 2.58 bits per heavy atom. The van der Waals surface area contributed by atoms with Gasteiger partial charge in [0.05, 0.1) is 6.61 Å². The molecule has 14 heteroatoms. The first-order valence-electron chi connectivity index (χ1n) is 10.7. The fourth-order valence-corrected chi connectivity index (χ4v) is 4.03. The molecule has 36 heavy (non-hydrogen) atoms. The number of nitrogens with zero attached hydrogens (tertiary/aromatic N) is 5. The summed E-state index contributed by atoms with van der Waals surface area (Å²) in [4.78, 5) is 24.4. The molecule has 0 saturated heterocycles. The molecule has 4 aromatic heterocycles. The third-order valence-electron chi connectivity index (χ3n) is 4.66. The van der Waals surface area contributed by atoms with Crippen LogP contribution in [0.15, 0.2) is 34.2 Å². The molecule has 0 radical (unpaired) electrons. The smallest absolute Gasteiger partial charge is 0.434 e. The summed E-state index contributed by atoms with van der Waals surface area (Å²) >= 11 is 0.820. The van der Waals surface area contributed by atoms with Crippen molar-refractivity contribution in [3.05, 3.63) is 41.4 Å². The third-order valence-corrected chi connectivity index (χ3v) is 5.53. The summed E-state index contributed by atoms with van der Waals surface area (Å²) in [6.07, 6.45) is -3.18. The van der Waals surface area contributed by atoms with Gasteiger partial charge in [-0.1, -0.05) is 0 Å². The number of nitrogens with one attached hydrogen (secondary N) is 2. The molecule has 0 saturated carbocycles. The molecule has 0 unspecified atom stereocenters. The van der Waals surface area contributed by atoms with Crippen LogP contribution in [0.3, 0.4) is 0 Å². The molecule has 0 aliphatic carbocycles. The first kappa shape index (κ1) is 25.0. The van der Waals surface area contributed by atoms with Gasteiger partial charge in [-0.15, -0.1) is 21.5 Å². The SMILES string of the molecule is CCNC(=O)Nc1cc(-c2nc(C(F)(F)F)cs2)c(-c2cc(OCC)nc(-c3nnc(C)o3)c2)cn1. The van der Waals surface area contributed by atoms with E-state index in [1.807, 2.05) is 0 Å². The third kappa shape index (κ3) is 5.59. The molecular formula is C22H20F3N7O3S. The topological polar surface area (TPSA) is 128 Å². The van der Waals surface area contributed by atoms with Gasteiger partial charge in [0, 0.05) is 42.2 Å². The average molecular weight is 520 g/mol. The van der Waals surface area contributed by atoms with Gasteiger partial charge in [0.2, 0.25) is 11.8 Å². The van der Waals surface area contributed by atoms with E-state index in [-0.39, 0.29) is 22.6 Å². The Kier molecular flexibility index (Phi) is 7.15. The van der Waals surface area contributed by atoms with Gasteiger partial charge in [0.15, 0.2) is 5.69 Å². The molecule has 10 nitrogen and oxygen atoms in total. The highest BCUT2D eigenvalue weighted by molar-refractivity contribution is 7.13. The predicted molar refractivity (Wildman–Crippen MR) is 125 cm³/mol. The summed E-state index contributed by atoms with van der Waals surface area (Å²) in [5.41, 5.74) is 0.548. The fraction of sp³-hybridized carbons (Fsp3) is 0.273. The highest BCUT2D eigenvalue weighted by Crippen LogP contribution is 2.39. The number of carbonyl (C=O) groups excluding carboxylic acids is 1. The van der Waals surface area contributed by atoms with Crippen LogP contribution in [-0.4, -0.2) is 44.3 Å². The number of hydrogen-bond acceptors (Lipinski definition) is 9. The zero-order valence-corrected chi connectivity index (χ0v) is 20.1. The summed E-state index contributed by atoms with van der Waals surface area (Å²) < 4.78 is 50.9. The molecule has 0 aliphatic heterocycles. The maximum Gasteiger partial charge on any atom is 0.434 e. The van der Waals surface area contributed by atoms with Crippen molar-refractivity contribution in [3.63, 3.8) is 0 Å². The standard InChI is InChI=1S/C22H20F3N7O3S/c1-4-26-21(33)30-17-8-13(20-29-16(10-36-20)22(23,24)25)14(9-27-17)12-6-15(19-32-31-11(3)35-19)28-18(7-12)34-5-2/h6-10H,4-5H2,1-3H3,(H2,26,27,30,33). The number of hydrogen-bond donors (Lipinski definition) is 2. The monoisotopic (exact) mass is 519 g/mol.